The highest BCUT2D eigenvalue weighted by Crippen LogP contribution is 2.45. The molecule has 1 fully saturated rings. The van der Waals surface area contributed by atoms with Crippen LogP contribution in [-0.4, -0.2) is 41.1 Å². The Balaban J connectivity index is 3.15. The lowest BCUT2D eigenvalue weighted by Crippen LogP contribution is -2.97. The molecule has 0 aromatic carbocycles. The quantitative estimate of drug-likeness (QED) is 0.716. The lowest BCUT2D eigenvalue weighted by molar-refractivity contribution is 0.615. The van der Waals surface area contributed by atoms with E-state index in [0.717, 1.165) is 0 Å². The molecule has 0 atom stereocenters. The van der Waals surface area contributed by atoms with E-state index in [0.29, 0.717) is 0 Å². The molecule has 1 aliphatic rings. The minimum atomic E-state index is -1.26. The molecule has 0 saturated carbocycles. The summed E-state index contributed by atoms with van der Waals surface area (Å²) in [5, 5.41) is 0. The topological polar surface area (TPSA) is 6.48 Å². The van der Waals surface area contributed by atoms with Crippen LogP contribution in [0, 0.1) is 0 Å². The van der Waals surface area contributed by atoms with Crippen molar-refractivity contribution in [3.8, 4) is 0 Å². The van der Waals surface area contributed by atoms with Crippen LogP contribution >= 0.6 is 0 Å². The zero-order valence-electron chi connectivity index (χ0n) is 12.9. The van der Waals surface area contributed by atoms with Crippen LogP contribution in [0.4, 0.5) is 0 Å². The minimum absolute atomic E-state index is 1.13. The Kier molecular flexibility index (Phi) is 3.38. The van der Waals surface area contributed by atoms with Crippen molar-refractivity contribution < 1.29 is 0 Å². The van der Waals surface area contributed by atoms with Gasteiger partial charge >= 0.3 is 0 Å². The van der Waals surface area contributed by atoms with Crippen LogP contribution < -0.4 is 0 Å². The molecule has 0 N–H and O–H groups in total. The first-order valence-electron chi connectivity index (χ1n) is 6.34. The zero-order chi connectivity index (χ0) is 13.2. The van der Waals surface area contributed by atoms with Crippen molar-refractivity contribution in [2.24, 2.45) is 0 Å². The van der Waals surface area contributed by atoms with Crippen LogP contribution in [0.15, 0.2) is 0 Å². The zero-order valence-corrected chi connectivity index (χ0v) is 16.9. The fraction of sp³-hybridized carbons (Fsp3) is 1.00. The lowest BCUT2D eigenvalue weighted by Gasteiger charge is -2.75. The van der Waals surface area contributed by atoms with Gasteiger partial charge in [0.05, 0.1) is 0 Å². The Morgan fingerprint density at radius 3 is 0.875 bits per heavy atom. The van der Waals surface area contributed by atoms with Gasteiger partial charge in [0.15, 0.2) is 16.8 Å². The first kappa shape index (κ1) is 14.8. The monoisotopic (exact) mass is 290 g/mol. The van der Waals surface area contributed by atoms with E-state index in [1.165, 1.54) is 0 Å². The van der Waals surface area contributed by atoms with E-state index in [4.69, 9.17) is 0 Å². The second-order valence-corrected chi connectivity index (χ2v) is 28.0. The van der Waals surface area contributed by atoms with E-state index in [2.05, 4.69) is 73.3 Å². The van der Waals surface area contributed by atoms with Crippen LogP contribution in [-0.2, 0) is 0 Å². The standard InChI is InChI=1S/C10H30N2Si4/c1-13(2,3)11-15(7,8)12(14(4,5)6)16(11,9)10/h1-10H3. The Morgan fingerprint density at radius 2 is 0.750 bits per heavy atom. The second-order valence-electron chi connectivity index (χ2n) is 8.00. The van der Waals surface area contributed by atoms with Crippen molar-refractivity contribution in [3.63, 3.8) is 0 Å². The summed E-state index contributed by atoms with van der Waals surface area (Å²) in [6, 6.07) is 0. The number of rotatable bonds is 2. The number of nitrogens with zero attached hydrogens (tertiary/aromatic N) is 2. The maximum absolute atomic E-state index is 3.06. The van der Waals surface area contributed by atoms with Crippen LogP contribution in [0.25, 0.3) is 0 Å². The van der Waals surface area contributed by atoms with Gasteiger partial charge in [-0.05, 0) is 26.2 Å². The summed E-state index contributed by atoms with van der Waals surface area (Å²) in [5.74, 6) is 0. The van der Waals surface area contributed by atoms with Gasteiger partial charge in [-0.1, -0.05) is 39.3 Å². The second kappa shape index (κ2) is 3.64. The molecule has 0 radical (unpaired) electrons. The van der Waals surface area contributed by atoms with Gasteiger partial charge < -0.3 is 7.79 Å². The third-order valence-electron chi connectivity index (χ3n) is 3.53. The van der Waals surface area contributed by atoms with Gasteiger partial charge in [-0.2, -0.15) is 0 Å². The summed E-state index contributed by atoms with van der Waals surface area (Å²) >= 11 is 0. The molecule has 0 aromatic heterocycles. The molecule has 1 heterocycles. The van der Waals surface area contributed by atoms with Gasteiger partial charge in [-0.15, -0.1) is 0 Å². The molecule has 1 aliphatic heterocycles. The largest absolute Gasteiger partial charge is 0.346 e. The highest BCUT2D eigenvalue weighted by atomic mass is 28.6. The van der Waals surface area contributed by atoms with Crippen LogP contribution in [0.3, 0.4) is 0 Å². The van der Waals surface area contributed by atoms with E-state index >= 15 is 0 Å². The first-order valence-corrected chi connectivity index (χ1v) is 19.0. The maximum atomic E-state index is 3.06. The molecule has 2 nitrogen and oxygen atoms in total. The SMILES string of the molecule is C[Si](C)(C)N1[Si](C)(C)N([Si](C)(C)C)[Si]1(C)C. The van der Waals surface area contributed by atoms with Crippen molar-refractivity contribution in [2.45, 2.75) is 65.5 Å². The van der Waals surface area contributed by atoms with Crippen molar-refractivity contribution in [3.05, 3.63) is 0 Å². The minimum Gasteiger partial charge on any atom is -0.346 e. The van der Waals surface area contributed by atoms with Crippen LogP contribution in [0.5, 0.6) is 0 Å². The maximum Gasteiger partial charge on any atom is 0.175 e. The van der Waals surface area contributed by atoms with Crippen molar-refractivity contribution in [1.29, 1.82) is 0 Å². The van der Waals surface area contributed by atoms with Crippen molar-refractivity contribution in [2.75, 3.05) is 0 Å². The Hall–Kier alpha value is 0.788. The molecular formula is C10H30N2Si4. The highest BCUT2D eigenvalue weighted by Gasteiger charge is 2.66. The van der Waals surface area contributed by atoms with E-state index in [9.17, 15) is 0 Å². The van der Waals surface area contributed by atoms with Gasteiger partial charge in [0, 0.05) is 0 Å². The summed E-state index contributed by atoms with van der Waals surface area (Å²) in [6.45, 7) is 25.4. The smallest absolute Gasteiger partial charge is 0.175 e. The predicted octanol–water partition coefficient (Wildman–Crippen LogP) is 3.68. The fourth-order valence-electron chi connectivity index (χ4n) is 4.78. The van der Waals surface area contributed by atoms with Crippen molar-refractivity contribution in [1.82, 2.24) is 7.79 Å². The van der Waals surface area contributed by atoms with Crippen molar-refractivity contribution >= 4 is 33.3 Å². The lowest BCUT2D eigenvalue weighted by atomic mass is 11.8. The predicted molar refractivity (Wildman–Crippen MR) is 85.3 cm³/mol. The average Bonchev–Trinajstić information content (AvgIpc) is 1.69. The molecule has 0 bridgehead atoms. The molecule has 0 aliphatic carbocycles. The third kappa shape index (κ3) is 2.08. The van der Waals surface area contributed by atoms with Gasteiger partial charge in [0.2, 0.25) is 0 Å². The van der Waals surface area contributed by atoms with Gasteiger partial charge in [-0.3, -0.25) is 0 Å². The molecule has 6 heteroatoms. The number of hydrogen-bond donors (Lipinski definition) is 0. The Morgan fingerprint density at radius 1 is 0.562 bits per heavy atom. The summed E-state index contributed by atoms with van der Waals surface area (Å²) in [4.78, 5) is 0. The molecule has 0 spiro atoms. The fourth-order valence-corrected chi connectivity index (χ4v) is 45.7. The summed E-state index contributed by atoms with van der Waals surface area (Å²) < 4.78 is 6.12. The molecule has 0 unspecified atom stereocenters. The third-order valence-corrected chi connectivity index (χ3v) is 31.8. The normalized spacial score (nSPS) is 26.6. The first-order chi connectivity index (χ1) is 6.73. The van der Waals surface area contributed by atoms with E-state index in [1.54, 1.807) is 0 Å². The summed E-state index contributed by atoms with van der Waals surface area (Å²) in [7, 11) is -4.78. The molecule has 1 saturated heterocycles. The van der Waals surface area contributed by atoms with E-state index in [-0.39, 0.29) is 0 Å². The summed E-state index contributed by atoms with van der Waals surface area (Å²) in [5.41, 5.74) is 0. The van der Waals surface area contributed by atoms with Gasteiger partial charge in [-0.25, -0.2) is 0 Å². The Labute approximate surface area is 107 Å². The van der Waals surface area contributed by atoms with E-state index < -0.39 is 33.3 Å². The summed E-state index contributed by atoms with van der Waals surface area (Å²) in [6.07, 6.45) is 0. The average molecular weight is 291 g/mol. The number of hydrogen-bond acceptors (Lipinski definition) is 2. The van der Waals surface area contributed by atoms with Gasteiger partial charge in [0.1, 0.15) is 16.5 Å². The van der Waals surface area contributed by atoms with Crippen LogP contribution in [0.2, 0.25) is 65.5 Å². The Bertz CT molecular complexity index is 246. The molecule has 0 amide bonds. The molecule has 16 heavy (non-hydrogen) atoms. The highest BCUT2D eigenvalue weighted by molar-refractivity contribution is 7.19. The molecule has 0 aromatic rings. The molecular weight excluding hydrogens is 260 g/mol. The molecule has 96 valence electrons. The van der Waals surface area contributed by atoms with Gasteiger partial charge in [0.25, 0.3) is 0 Å². The van der Waals surface area contributed by atoms with E-state index in [1.807, 2.05) is 0 Å². The van der Waals surface area contributed by atoms with Crippen LogP contribution in [0.1, 0.15) is 0 Å². The molecule has 1 rings (SSSR count).